The quantitative estimate of drug-likeness (QED) is 0.850. The second-order valence-corrected chi connectivity index (χ2v) is 7.11. The zero-order valence-corrected chi connectivity index (χ0v) is 13.9. The molecule has 1 atom stereocenters. The van der Waals surface area contributed by atoms with Gasteiger partial charge in [0.25, 0.3) is 5.91 Å². The van der Waals surface area contributed by atoms with Gasteiger partial charge in [0.15, 0.2) is 0 Å². The van der Waals surface area contributed by atoms with Crippen LogP contribution in [0.4, 0.5) is 0 Å². The Kier molecular flexibility index (Phi) is 5.84. The second kappa shape index (κ2) is 7.42. The fraction of sp³-hybridized carbons (Fsp3) is 0.429. The van der Waals surface area contributed by atoms with E-state index in [-0.39, 0.29) is 18.4 Å². The van der Waals surface area contributed by atoms with Gasteiger partial charge in [0.1, 0.15) is 0 Å². The molecule has 1 heterocycles. The summed E-state index contributed by atoms with van der Waals surface area (Å²) >= 11 is 9.36. The van der Waals surface area contributed by atoms with Crippen LogP contribution in [0.2, 0.25) is 5.02 Å². The van der Waals surface area contributed by atoms with Crippen LogP contribution in [0.3, 0.4) is 0 Å². The van der Waals surface area contributed by atoms with Crippen LogP contribution in [0.15, 0.2) is 23.1 Å². The molecule has 1 aliphatic heterocycles. The van der Waals surface area contributed by atoms with Crippen molar-refractivity contribution in [1.29, 1.82) is 0 Å². The Balaban J connectivity index is 2.26. The van der Waals surface area contributed by atoms with Gasteiger partial charge in [-0.05, 0) is 24.5 Å². The SMILES string of the molecule is CSc1ccc(Cl)c(C(=O)N2CCSCC2CC(=O)O)c1. The Morgan fingerprint density at radius 1 is 1.52 bits per heavy atom. The van der Waals surface area contributed by atoms with E-state index in [9.17, 15) is 9.59 Å². The summed E-state index contributed by atoms with van der Waals surface area (Å²) in [4.78, 5) is 26.3. The third-order valence-electron chi connectivity index (χ3n) is 3.30. The number of benzene rings is 1. The van der Waals surface area contributed by atoms with Gasteiger partial charge >= 0.3 is 5.97 Å². The van der Waals surface area contributed by atoms with Crippen LogP contribution >= 0.6 is 35.1 Å². The summed E-state index contributed by atoms with van der Waals surface area (Å²) in [5.41, 5.74) is 0.450. The van der Waals surface area contributed by atoms with Crippen LogP contribution in [0.5, 0.6) is 0 Å². The van der Waals surface area contributed by atoms with Crippen LogP contribution in [0, 0.1) is 0 Å². The zero-order valence-electron chi connectivity index (χ0n) is 11.5. The predicted octanol–water partition coefficient (Wildman–Crippen LogP) is 3.09. The lowest BCUT2D eigenvalue weighted by Gasteiger charge is -2.35. The highest BCUT2D eigenvalue weighted by molar-refractivity contribution is 7.99. The number of aliphatic carboxylic acids is 1. The van der Waals surface area contributed by atoms with Gasteiger partial charge in [-0.3, -0.25) is 9.59 Å². The topological polar surface area (TPSA) is 57.6 Å². The van der Waals surface area contributed by atoms with E-state index in [1.807, 2.05) is 12.3 Å². The maximum atomic E-state index is 12.7. The molecule has 1 fully saturated rings. The van der Waals surface area contributed by atoms with Gasteiger partial charge in [-0.2, -0.15) is 11.8 Å². The van der Waals surface area contributed by atoms with Gasteiger partial charge in [0.2, 0.25) is 0 Å². The van der Waals surface area contributed by atoms with Gasteiger partial charge in [-0.15, -0.1) is 11.8 Å². The molecule has 0 aliphatic carbocycles. The smallest absolute Gasteiger partial charge is 0.305 e. The first-order valence-corrected chi connectivity index (χ1v) is 9.22. The Hall–Kier alpha value is -0.850. The minimum Gasteiger partial charge on any atom is -0.481 e. The molecule has 1 saturated heterocycles. The number of carbonyl (C=O) groups is 2. The molecular formula is C14H16ClNO3S2. The Labute approximate surface area is 137 Å². The van der Waals surface area contributed by atoms with Gasteiger partial charge in [-0.1, -0.05) is 11.6 Å². The molecule has 0 aromatic heterocycles. The first kappa shape index (κ1) is 16.5. The Bertz CT molecular complexity index is 553. The van der Waals surface area contributed by atoms with Crippen LogP contribution in [-0.4, -0.2) is 52.2 Å². The third-order valence-corrected chi connectivity index (χ3v) is 5.45. The number of rotatable bonds is 4. The van der Waals surface area contributed by atoms with E-state index in [0.717, 1.165) is 10.6 Å². The maximum absolute atomic E-state index is 12.7. The van der Waals surface area contributed by atoms with E-state index < -0.39 is 5.97 Å². The molecule has 0 saturated carbocycles. The summed E-state index contributed by atoms with van der Waals surface area (Å²) in [5.74, 6) is 0.409. The summed E-state index contributed by atoms with van der Waals surface area (Å²) in [7, 11) is 0. The molecule has 0 spiro atoms. The van der Waals surface area contributed by atoms with Crippen molar-refractivity contribution in [3.8, 4) is 0 Å². The molecule has 1 amide bonds. The molecule has 4 nitrogen and oxygen atoms in total. The van der Waals surface area contributed by atoms with Crippen molar-refractivity contribution in [2.75, 3.05) is 24.3 Å². The van der Waals surface area contributed by atoms with Crippen molar-refractivity contribution in [3.05, 3.63) is 28.8 Å². The normalized spacial score (nSPS) is 18.6. The second-order valence-electron chi connectivity index (χ2n) is 4.67. The van der Waals surface area contributed by atoms with Crippen LogP contribution < -0.4 is 0 Å². The number of halogens is 1. The highest BCUT2D eigenvalue weighted by Crippen LogP contribution is 2.27. The molecule has 2 rings (SSSR count). The lowest BCUT2D eigenvalue weighted by Crippen LogP contribution is -2.47. The van der Waals surface area contributed by atoms with Crippen molar-refractivity contribution in [2.45, 2.75) is 17.4 Å². The van der Waals surface area contributed by atoms with Crippen molar-refractivity contribution in [3.63, 3.8) is 0 Å². The predicted molar refractivity (Wildman–Crippen MR) is 87.6 cm³/mol. The molecule has 1 unspecified atom stereocenters. The minimum atomic E-state index is -0.885. The molecule has 114 valence electrons. The number of thioether (sulfide) groups is 2. The first-order valence-electron chi connectivity index (χ1n) is 6.47. The number of carbonyl (C=O) groups excluding carboxylic acids is 1. The number of hydrogen-bond acceptors (Lipinski definition) is 4. The lowest BCUT2D eigenvalue weighted by atomic mass is 10.1. The fourth-order valence-corrected chi connectivity index (χ4v) is 3.94. The van der Waals surface area contributed by atoms with Gasteiger partial charge in [-0.25, -0.2) is 0 Å². The highest BCUT2D eigenvalue weighted by Gasteiger charge is 2.30. The number of hydrogen-bond donors (Lipinski definition) is 1. The third kappa shape index (κ3) is 4.08. The van der Waals surface area contributed by atoms with Crippen molar-refractivity contribution < 1.29 is 14.7 Å². The van der Waals surface area contributed by atoms with E-state index >= 15 is 0 Å². The molecule has 7 heteroatoms. The number of amides is 1. The van der Waals surface area contributed by atoms with E-state index in [1.54, 1.807) is 28.8 Å². The standard InChI is InChI=1S/C14H16ClNO3S2/c1-20-10-2-3-12(15)11(7-10)14(19)16-4-5-21-8-9(16)6-13(17)18/h2-3,7,9H,4-6,8H2,1H3,(H,17,18). The fourth-order valence-electron chi connectivity index (χ4n) is 2.24. The summed E-state index contributed by atoms with van der Waals surface area (Å²) in [6.45, 7) is 0.557. The summed E-state index contributed by atoms with van der Waals surface area (Å²) in [6.07, 6.45) is 1.90. The van der Waals surface area contributed by atoms with E-state index in [4.69, 9.17) is 16.7 Å². The molecule has 1 N–H and O–H groups in total. The van der Waals surface area contributed by atoms with Crippen molar-refractivity contribution in [1.82, 2.24) is 4.90 Å². The van der Waals surface area contributed by atoms with Crippen molar-refractivity contribution >= 4 is 47.0 Å². The molecule has 21 heavy (non-hydrogen) atoms. The minimum absolute atomic E-state index is 0.0292. The summed E-state index contributed by atoms with van der Waals surface area (Å²) in [6, 6.07) is 5.08. The van der Waals surface area contributed by atoms with Gasteiger partial charge in [0.05, 0.1) is 23.0 Å². The van der Waals surface area contributed by atoms with Crippen LogP contribution in [-0.2, 0) is 4.79 Å². The molecule has 1 aliphatic rings. The van der Waals surface area contributed by atoms with Crippen LogP contribution in [0.25, 0.3) is 0 Å². The molecule has 0 radical (unpaired) electrons. The first-order chi connectivity index (χ1) is 10.0. The lowest BCUT2D eigenvalue weighted by molar-refractivity contribution is -0.138. The van der Waals surface area contributed by atoms with E-state index in [1.165, 1.54) is 11.8 Å². The van der Waals surface area contributed by atoms with E-state index in [2.05, 4.69) is 0 Å². The Morgan fingerprint density at radius 2 is 2.29 bits per heavy atom. The molecule has 1 aromatic rings. The maximum Gasteiger partial charge on any atom is 0.305 e. The number of nitrogens with zero attached hydrogens (tertiary/aromatic N) is 1. The van der Waals surface area contributed by atoms with Gasteiger partial charge in [0, 0.05) is 22.9 Å². The zero-order chi connectivity index (χ0) is 15.4. The largest absolute Gasteiger partial charge is 0.481 e. The number of carboxylic acid groups (broad SMARTS) is 1. The van der Waals surface area contributed by atoms with Gasteiger partial charge < -0.3 is 10.0 Å². The molecule has 0 bridgehead atoms. The Morgan fingerprint density at radius 3 is 2.95 bits per heavy atom. The highest BCUT2D eigenvalue weighted by atomic mass is 35.5. The average molecular weight is 346 g/mol. The average Bonchev–Trinajstić information content (AvgIpc) is 2.47. The van der Waals surface area contributed by atoms with Crippen molar-refractivity contribution in [2.24, 2.45) is 0 Å². The monoisotopic (exact) mass is 345 g/mol. The van der Waals surface area contributed by atoms with Crippen LogP contribution in [0.1, 0.15) is 16.8 Å². The molecular weight excluding hydrogens is 330 g/mol. The summed E-state index contributed by atoms with van der Waals surface area (Å²) in [5, 5.41) is 9.40. The van der Waals surface area contributed by atoms with E-state index in [0.29, 0.717) is 22.9 Å². The number of carboxylic acids is 1. The summed E-state index contributed by atoms with van der Waals surface area (Å²) < 4.78 is 0. The molecule has 1 aromatic carbocycles.